The summed E-state index contributed by atoms with van der Waals surface area (Å²) < 4.78 is 0. The number of nitrogens with zero attached hydrogens (tertiary/aromatic N) is 1. The van der Waals surface area contributed by atoms with E-state index in [9.17, 15) is 5.11 Å². The molecule has 2 heteroatoms. The van der Waals surface area contributed by atoms with Gasteiger partial charge in [-0.15, -0.1) is 0 Å². The van der Waals surface area contributed by atoms with Gasteiger partial charge in [0.1, 0.15) is 0 Å². The molecule has 1 aromatic rings. The Hall–Kier alpha value is -1.38. The Kier molecular flexibility index (Phi) is 5.34. The molecule has 2 nitrogen and oxygen atoms in total. The smallest absolute Gasteiger partial charge is 0.0474 e. The molecule has 0 heterocycles. The van der Waals surface area contributed by atoms with Crippen molar-refractivity contribution >= 4 is 0 Å². The molecule has 1 saturated carbocycles. The number of hydrogen-bond donors (Lipinski definition) is 1. The van der Waals surface area contributed by atoms with Crippen LogP contribution in [0.2, 0.25) is 0 Å². The van der Waals surface area contributed by atoms with Crippen LogP contribution in [-0.4, -0.2) is 28.2 Å². The Labute approximate surface area is 140 Å². The summed E-state index contributed by atoms with van der Waals surface area (Å²) in [6, 6.07) is 11.3. The van der Waals surface area contributed by atoms with Gasteiger partial charge in [0.15, 0.2) is 0 Å². The maximum atomic E-state index is 9.85. The summed E-state index contributed by atoms with van der Waals surface area (Å²) in [7, 11) is 0. The lowest BCUT2D eigenvalue weighted by Crippen LogP contribution is -2.53. The molecular formula is C21H29NO. The third kappa shape index (κ3) is 3.44. The summed E-state index contributed by atoms with van der Waals surface area (Å²) in [5, 5.41) is 9.85. The van der Waals surface area contributed by atoms with Crippen LogP contribution in [0, 0.1) is 5.92 Å². The topological polar surface area (TPSA) is 23.5 Å². The molecule has 0 saturated heterocycles. The van der Waals surface area contributed by atoms with E-state index in [1.807, 2.05) is 0 Å². The summed E-state index contributed by atoms with van der Waals surface area (Å²) in [6.45, 7) is 3.58. The van der Waals surface area contributed by atoms with Gasteiger partial charge < -0.3 is 5.11 Å². The van der Waals surface area contributed by atoms with Crippen LogP contribution in [0.3, 0.4) is 0 Å². The Balaban J connectivity index is 1.92. The minimum Gasteiger partial charge on any atom is -0.396 e. The van der Waals surface area contributed by atoms with Crippen molar-refractivity contribution in [2.24, 2.45) is 5.92 Å². The number of aliphatic hydroxyl groups excluding tert-OH is 1. The molecule has 0 amide bonds. The van der Waals surface area contributed by atoms with Gasteiger partial charge in [0.2, 0.25) is 0 Å². The van der Waals surface area contributed by atoms with Gasteiger partial charge in [-0.3, -0.25) is 4.90 Å². The van der Waals surface area contributed by atoms with Gasteiger partial charge in [0.05, 0.1) is 0 Å². The number of allylic oxidation sites excluding steroid dienone is 2. The van der Waals surface area contributed by atoms with Gasteiger partial charge in [-0.05, 0) is 37.2 Å². The van der Waals surface area contributed by atoms with Crippen molar-refractivity contribution in [2.75, 3.05) is 6.61 Å². The first-order chi connectivity index (χ1) is 11.3. The molecule has 2 aliphatic carbocycles. The molecular weight excluding hydrogens is 282 g/mol. The molecule has 3 atom stereocenters. The molecule has 124 valence electrons. The molecule has 3 rings (SSSR count). The van der Waals surface area contributed by atoms with Gasteiger partial charge in [-0.25, -0.2) is 0 Å². The van der Waals surface area contributed by atoms with E-state index in [0.29, 0.717) is 18.6 Å². The average molecular weight is 311 g/mol. The van der Waals surface area contributed by atoms with Crippen LogP contribution in [0.25, 0.3) is 0 Å². The molecule has 1 aromatic carbocycles. The van der Waals surface area contributed by atoms with Crippen molar-refractivity contribution in [3.05, 3.63) is 60.2 Å². The van der Waals surface area contributed by atoms with Crippen molar-refractivity contribution in [3.63, 3.8) is 0 Å². The summed E-state index contributed by atoms with van der Waals surface area (Å²) in [5.74, 6) is 0.418. The zero-order valence-electron chi connectivity index (χ0n) is 14.2. The lowest BCUT2D eigenvalue weighted by Gasteiger charge is -2.47. The molecule has 23 heavy (non-hydrogen) atoms. The molecule has 0 aromatic heterocycles. The van der Waals surface area contributed by atoms with E-state index in [0.717, 1.165) is 25.8 Å². The highest BCUT2D eigenvalue weighted by Gasteiger charge is 2.41. The molecule has 0 unspecified atom stereocenters. The van der Waals surface area contributed by atoms with Gasteiger partial charge in [0, 0.05) is 24.7 Å². The minimum absolute atomic E-state index is 0.0903. The predicted molar refractivity (Wildman–Crippen MR) is 96.1 cm³/mol. The highest BCUT2D eigenvalue weighted by Crippen LogP contribution is 2.39. The standard InChI is InChI=1S/C21H29NO/c1-2-21(14-7-4-8-15-21)22(16-18-10-5-3-6-11-18)20-13-9-12-19(20)17-23/h3-8,10-11,14,19-20,23H,2,9,12-13,15-17H2,1H3/t19-,20-,21+/m1/s1. The van der Waals surface area contributed by atoms with Crippen LogP contribution in [-0.2, 0) is 6.54 Å². The van der Waals surface area contributed by atoms with E-state index in [1.54, 1.807) is 0 Å². The van der Waals surface area contributed by atoms with Gasteiger partial charge in [0.25, 0.3) is 0 Å². The average Bonchev–Trinajstić information content (AvgIpc) is 3.09. The first-order valence-electron chi connectivity index (χ1n) is 9.05. The fraction of sp³-hybridized carbons (Fsp3) is 0.524. The Morgan fingerprint density at radius 3 is 2.65 bits per heavy atom. The lowest BCUT2D eigenvalue weighted by molar-refractivity contribution is 0.0306. The first-order valence-corrected chi connectivity index (χ1v) is 9.05. The van der Waals surface area contributed by atoms with Crippen molar-refractivity contribution in [3.8, 4) is 0 Å². The monoisotopic (exact) mass is 311 g/mol. The van der Waals surface area contributed by atoms with Crippen LogP contribution in [0.5, 0.6) is 0 Å². The lowest BCUT2D eigenvalue weighted by atomic mass is 9.83. The van der Waals surface area contributed by atoms with Crippen molar-refractivity contribution in [1.29, 1.82) is 0 Å². The number of rotatable bonds is 6. The van der Waals surface area contributed by atoms with Crippen LogP contribution in [0.1, 0.15) is 44.6 Å². The van der Waals surface area contributed by atoms with E-state index in [-0.39, 0.29) is 5.54 Å². The van der Waals surface area contributed by atoms with Gasteiger partial charge in [-0.1, -0.05) is 68.0 Å². The third-order valence-corrected chi connectivity index (χ3v) is 5.76. The van der Waals surface area contributed by atoms with E-state index < -0.39 is 0 Å². The van der Waals surface area contributed by atoms with Gasteiger partial charge in [-0.2, -0.15) is 0 Å². The normalized spacial score (nSPS) is 30.2. The predicted octanol–water partition coefficient (Wildman–Crippen LogP) is 4.31. The second-order valence-corrected chi connectivity index (χ2v) is 7.00. The maximum Gasteiger partial charge on any atom is 0.0474 e. The van der Waals surface area contributed by atoms with Crippen molar-refractivity contribution in [2.45, 2.75) is 57.2 Å². The second-order valence-electron chi connectivity index (χ2n) is 7.00. The zero-order chi connectivity index (χ0) is 16.1. The van der Waals surface area contributed by atoms with E-state index in [2.05, 4.69) is 66.5 Å². The first kappa shape index (κ1) is 16.5. The molecule has 1 N–H and O–H groups in total. The fourth-order valence-electron chi connectivity index (χ4n) is 4.36. The Bertz CT molecular complexity index is 550. The van der Waals surface area contributed by atoms with Crippen LogP contribution in [0.4, 0.5) is 0 Å². The Morgan fingerprint density at radius 1 is 1.17 bits per heavy atom. The highest BCUT2D eigenvalue weighted by atomic mass is 16.3. The van der Waals surface area contributed by atoms with Crippen molar-refractivity contribution < 1.29 is 5.11 Å². The van der Waals surface area contributed by atoms with Crippen molar-refractivity contribution in [1.82, 2.24) is 4.90 Å². The molecule has 2 aliphatic rings. The Morgan fingerprint density at radius 2 is 2.00 bits per heavy atom. The fourth-order valence-corrected chi connectivity index (χ4v) is 4.36. The summed E-state index contributed by atoms with van der Waals surface area (Å²) in [4.78, 5) is 2.69. The van der Waals surface area contributed by atoms with E-state index >= 15 is 0 Å². The number of hydrogen-bond acceptors (Lipinski definition) is 2. The molecule has 0 bridgehead atoms. The minimum atomic E-state index is 0.0903. The van der Waals surface area contributed by atoms with Crippen LogP contribution >= 0.6 is 0 Å². The quantitative estimate of drug-likeness (QED) is 0.846. The largest absolute Gasteiger partial charge is 0.396 e. The summed E-state index contributed by atoms with van der Waals surface area (Å²) in [6.07, 6.45) is 14.8. The van der Waals surface area contributed by atoms with Crippen LogP contribution in [0.15, 0.2) is 54.6 Å². The second kappa shape index (κ2) is 7.46. The van der Waals surface area contributed by atoms with E-state index in [4.69, 9.17) is 0 Å². The molecule has 0 aliphatic heterocycles. The number of benzene rings is 1. The molecule has 1 fully saturated rings. The van der Waals surface area contributed by atoms with Crippen LogP contribution < -0.4 is 0 Å². The zero-order valence-corrected chi connectivity index (χ0v) is 14.2. The number of aliphatic hydroxyl groups is 1. The highest BCUT2D eigenvalue weighted by molar-refractivity contribution is 5.24. The summed E-state index contributed by atoms with van der Waals surface area (Å²) >= 11 is 0. The SMILES string of the molecule is CC[C@]1(N(Cc2ccccc2)[C@@H]2CCC[C@@H]2CO)C=CC=CC1. The molecule has 0 radical (unpaired) electrons. The summed E-state index contributed by atoms with van der Waals surface area (Å²) in [5.41, 5.74) is 1.46. The van der Waals surface area contributed by atoms with Gasteiger partial charge >= 0.3 is 0 Å². The molecule has 0 spiro atoms. The third-order valence-electron chi connectivity index (χ3n) is 5.76. The maximum absolute atomic E-state index is 9.85. The van der Waals surface area contributed by atoms with E-state index in [1.165, 1.54) is 18.4 Å².